The molecule has 0 heterocycles. The SMILES string of the molecule is C#CCN(CC(=O)O)C(=O)c1ccccc1CCN. The summed E-state index contributed by atoms with van der Waals surface area (Å²) in [5.74, 6) is 0.810. The Kier molecular flexibility index (Phi) is 5.58. The number of benzene rings is 1. The lowest BCUT2D eigenvalue weighted by Gasteiger charge is -2.19. The van der Waals surface area contributed by atoms with Crippen molar-refractivity contribution < 1.29 is 14.7 Å². The largest absolute Gasteiger partial charge is 0.480 e. The molecular weight excluding hydrogens is 244 g/mol. The van der Waals surface area contributed by atoms with E-state index in [0.717, 1.165) is 10.5 Å². The van der Waals surface area contributed by atoms with Crippen LogP contribution in [0, 0.1) is 12.3 Å². The Bertz CT molecular complexity index is 506. The summed E-state index contributed by atoms with van der Waals surface area (Å²) in [6.07, 6.45) is 5.72. The van der Waals surface area contributed by atoms with Gasteiger partial charge < -0.3 is 15.7 Å². The number of amides is 1. The average molecular weight is 260 g/mol. The summed E-state index contributed by atoms with van der Waals surface area (Å²) in [5, 5.41) is 8.80. The van der Waals surface area contributed by atoms with E-state index in [1.807, 2.05) is 6.07 Å². The fraction of sp³-hybridized carbons (Fsp3) is 0.286. The van der Waals surface area contributed by atoms with E-state index in [1.54, 1.807) is 18.2 Å². The maximum Gasteiger partial charge on any atom is 0.323 e. The van der Waals surface area contributed by atoms with Gasteiger partial charge in [0.05, 0.1) is 6.54 Å². The minimum atomic E-state index is -1.10. The predicted molar refractivity (Wildman–Crippen MR) is 71.6 cm³/mol. The zero-order valence-electron chi connectivity index (χ0n) is 10.5. The first-order chi connectivity index (χ1) is 9.10. The molecule has 5 nitrogen and oxygen atoms in total. The van der Waals surface area contributed by atoms with Crippen LogP contribution in [0.4, 0.5) is 0 Å². The van der Waals surface area contributed by atoms with E-state index in [4.69, 9.17) is 17.3 Å². The minimum absolute atomic E-state index is 0.0396. The van der Waals surface area contributed by atoms with Crippen molar-refractivity contribution in [1.82, 2.24) is 4.90 Å². The summed E-state index contributed by atoms with van der Waals surface area (Å²) in [7, 11) is 0. The summed E-state index contributed by atoms with van der Waals surface area (Å²) in [6, 6.07) is 6.99. The standard InChI is InChI=1S/C14H16N2O3/c1-2-9-16(10-13(17)18)14(19)12-6-4-3-5-11(12)7-8-15/h1,3-6H,7-10,15H2,(H,17,18). The van der Waals surface area contributed by atoms with Crippen molar-refractivity contribution in [2.24, 2.45) is 5.73 Å². The van der Waals surface area contributed by atoms with Crippen LogP contribution in [-0.4, -0.2) is 41.5 Å². The van der Waals surface area contributed by atoms with Crippen LogP contribution in [0.2, 0.25) is 0 Å². The monoisotopic (exact) mass is 260 g/mol. The molecule has 0 aromatic heterocycles. The first kappa shape index (κ1) is 14.7. The van der Waals surface area contributed by atoms with Gasteiger partial charge in [-0.25, -0.2) is 0 Å². The molecule has 19 heavy (non-hydrogen) atoms. The summed E-state index contributed by atoms with van der Waals surface area (Å²) in [5.41, 5.74) is 6.74. The Balaban J connectivity index is 3.02. The molecule has 0 aliphatic carbocycles. The summed E-state index contributed by atoms with van der Waals surface area (Å²) < 4.78 is 0. The first-order valence-corrected chi connectivity index (χ1v) is 5.82. The highest BCUT2D eigenvalue weighted by Crippen LogP contribution is 2.12. The molecule has 0 fully saturated rings. The lowest BCUT2D eigenvalue weighted by atomic mass is 10.0. The number of carbonyl (C=O) groups is 2. The molecule has 100 valence electrons. The third kappa shape index (κ3) is 4.12. The van der Waals surface area contributed by atoms with E-state index >= 15 is 0 Å². The molecule has 0 aliphatic heterocycles. The normalized spacial score (nSPS) is 9.68. The van der Waals surface area contributed by atoms with E-state index in [0.29, 0.717) is 18.5 Å². The number of carboxylic acids is 1. The highest BCUT2D eigenvalue weighted by atomic mass is 16.4. The van der Waals surface area contributed by atoms with Crippen LogP contribution in [0.15, 0.2) is 24.3 Å². The second kappa shape index (κ2) is 7.19. The molecule has 0 saturated heterocycles. The highest BCUT2D eigenvalue weighted by molar-refractivity contribution is 5.97. The van der Waals surface area contributed by atoms with E-state index in [9.17, 15) is 9.59 Å². The van der Waals surface area contributed by atoms with E-state index in [-0.39, 0.29) is 12.5 Å². The minimum Gasteiger partial charge on any atom is -0.480 e. The number of nitrogens with zero attached hydrogens (tertiary/aromatic N) is 1. The number of nitrogens with two attached hydrogens (primary N) is 1. The molecule has 0 radical (unpaired) electrons. The fourth-order valence-corrected chi connectivity index (χ4v) is 1.75. The summed E-state index contributed by atoms with van der Waals surface area (Å²) >= 11 is 0. The van der Waals surface area contributed by atoms with Crippen molar-refractivity contribution in [2.45, 2.75) is 6.42 Å². The molecule has 0 spiro atoms. The third-order valence-electron chi connectivity index (χ3n) is 2.56. The molecule has 5 heteroatoms. The van der Waals surface area contributed by atoms with E-state index in [2.05, 4.69) is 5.92 Å². The van der Waals surface area contributed by atoms with Gasteiger partial charge in [-0.3, -0.25) is 9.59 Å². The van der Waals surface area contributed by atoms with Crippen LogP contribution in [0.3, 0.4) is 0 Å². The average Bonchev–Trinajstić information content (AvgIpc) is 2.38. The molecule has 1 rings (SSSR count). The molecule has 1 amide bonds. The number of hydrogen-bond acceptors (Lipinski definition) is 3. The fourth-order valence-electron chi connectivity index (χ4n) is 1.75. The highest BCUT2D eigenvalue weighted by Gasteiger charge is 2.19. The van der Waals surface area contributed by atoms with Crippen molar-refractivity contribution in [2.75, 3.05) is 19.6 Å². The lowest BCUT2D eigenvalue weighted by molar-refractivity contribution is -0.137. The van der Waals surface area contributed by atoms with Crippen molar-refractivity contribution in [3.8, 4) is 12.3 Å². The van der Waals surface area contributed by atoms with E-state index < -0.39 is 12.5 Å². The smallest absolute Gasteiger partial charge is 0.323 e. The van der Waals surface area contributed by atoms with Crippen LogP contribution in [0.5, 0.6) is 0 Å². The van der Waals surface area contributed by atoms with Crippen molar-refractivity contribution >= 4 is 11.9 Å². The van der Waals surface area contributed by atoms with Crippen molar-refractivity contribution in [3.63, 3.8) is 0 Å². The Morgan fingerprint density at radius 2 is 2.05 bits per heavy atom. The van der Waals surface area contributed by atoms with Gasteiger partial charge in [0.2, 0.25) is 0 Å². The zero-order valence-corrected chi connectivity index (χ0v) is 10.5. The zero-order chi connectivity index (χ0) is 14.3. The molecule has 1 aromatic rings. The molecule has 0 unspecified atom stereocenters. The van der Waals surface area contributed by atoms with Crippen LogP contribution < -0.4 is 5.73 Å². The second-order valence-electron chi connectivity index (χ2n) is 3.95. The van der Waals surface area contributed by atoms with Gasteiger partial charge in [-0.05, 0) is 24.6 Å². The first-order valence-electron chi connectivity index (χ1n) is 5.82. The van der Waals surface area contributed by atoms with Crippen LogP contribution in [0.1, 0.15) is 15.9 Å². The lowest BCUT2D eigenvalue weighted by Crippen LogP contribution is -2.36. The quantitative estimate of drug-likeness (QED) is 0.723. The van der Waals surface area contributed by atoms with Crippen LogP contribution in [0.25, 0.3) is 0 Å². The van der Waals surface area contributed by atoms with E-state index in [1.165, 1.54) is 0 Å². The number of carboxylic acid groups (broad SMARTS) is 1. The van der Waals surface area contributed by atoms with Gasteiger partial charge in [-0.1, -0.05) is 24.1 Å². The number of rotatable bonds is 6. The van der Waals surface area contributed by atoms with Gasteiger partial charge in [-0.2, -0.15) is 0 Å². The third-order valence-corrected chi connectivity index (χ3v) is 2.56. The van der Waals surface area contributed by atoms with Crippen molar-refractivity contribution in [1.29, 1.82) is 0 Å². The van der Waals surface area contributed by atoms with Gasteiger partial charge >= 0.3 is 5.97 Å². The molecule has 3 N–H and O–H groups in total. The molecule has 0 aliphatic rings. The number of aliphatic carboxylic acids is 1. The van der Waals surface area contributed by atoms with Crippen molar-refractivity contribution in [3.05, 3.63) is 35.4 Å². The Labute approximate surface area is 112 Å². The van der Waals surface area contributed by atoms with Gasteiger partial charge in [0, 0.05) is 5.56 Å². The maximum atomic E-state index is 12.3. The van der Waals surface area contributed by atoms with Gasteiger partial charge in [0.15, 0.2) is 0 Å². The van der Waals surface area contributed by atoms with Gasteiger partial charge in [0.25, 0.3) is 5.91 Å². The molecular formula is C14H16N2O3. The summed E-state index contributed by atoms with van der Waals surface area (Å²) in [4.78, 5) is 24.2. The van der Waals surface area contributed by atoms with Crippen LogP contribution >= 0.6 is 0 Å². The molecule has 1 aromatic carbocycles. The number of hydrogen-bond donors (Lipinski definition) is 2. The molecule has 0 atom stereocenters. The Hall–Kier alpha value is -2.32. The molecule has 0 saturated carbocycles. The second-order valence-corrected chi connectivity index (χ2v) is 3.95. The van der Waals surface area contributed by atoms with Crippen LogP contribution in [-0.2, 0) is 11.2 Å². The molecule has 0 bridgehead atoms. The Morgan fingerprint density at radius 3 is 2.63 bits per heavy atom. The number of carbonyl (C=O) groups excluding carboxylic acids is 1. The number of terminal acetylenes is 1. The van der Waals surface area contributed by atoms with Gasteiger partial charge in [-0.15, -0.1) is 6.42 Å². The Morgan fingerprint density at radius 1 is 1.37 bits per heavy atom. The maximum absolute atomic E-state index is 12.3. The van der Waals surface area contributed by atoms with Gasteiger partial charge in [0.1, 0.15) is 6.54 Å². The topological polar surface area (TPSA) is 83.6 Å². The summed E-state index contributed by atoms with van der Waals surface area (Å²) in [6.45, 7) is -0.0412. The predicted octanol–water partition coefficient (Wildman–Crippen LogP) is 0.348.